The van der Waals surface area contributed by atoms with Gasteiger partial charge in [0.05, 0.1) is 39.6 Å². The molecule has 2 N–H and O–H groups in total. The number of nitrogens with one attached hydrogen (secondary N) is 1. The fourth-order valence-electron chi connectivity index (χ4n) is 6.36. The van der Waals surface area contributed by atoms with Crippen LogP contribution in [0.3, 0.4) is 0 Å². The zero-order valence-corrected chi connectivity index (χ0v) is 25.9. The molecule has 46 heavy (non-hydrogen) atoms. The first-order valence-corrected chi connectivity index (χ1v) is 14.8. The third-order valence-electron chi connectivity index (χ3n) is 8.41. The second-order valence-corrected chi connectivity index (χ2v) is 12.0. The number of carbonyl (C=O) groups excluding carboxylic acids is 2. The van der Waals surface area contributed by atoms with Crippen LogP contribution in [0.2, 0.25) is 5.02 Å². The van der Waals surface area contributed by atoms with Gasteiger partial charge in [-0.1, -0.05) is 32.0 Å². The predicted molar refractivity (Wildman–Crippen MR) is 167 cm³/mol. The van der Waals surface area contributed by atoms with E-state index in [1.165, 1.54) is 16.0 Å². The number of phenolic OH excluding ortho intramolecular Hbond substituents is 1. The molecule has 1 saturated heterocycles. The monoisotopic (exact) mass is 652 g/mol. The van der Waals surface area contributed by atoms with Crippen molar-refractivity contribution in [1.82, 2.24) is 19.4 Å². The molecule has 4 aromatic rings. The number of hydrogen-bond donors (Lipinski definition) is 2. The maximum Gasteiger partial charge on any atom is 0.354 e. The molecule has 14 heteroatoms. The number of aryl methyl sites for hydroxylation is 1. The number of aromatic hydroxyl groups is 1. The molecule has 0 aliphatic carbocycles. The zero-order valence-electron chi connectivity index (χ0n) is 25.2. The third-order valence-corrected chi connectivity index (χ3v) is 8.79. The predicted octanol–water partition coefficient (Wildman–Crippen LogP) is 5.20. The first-order valence-electron chi connectivity index (χ1n) is 14.4. The second kappa shape index (κ2) is 11.2. The number of carbonyl (C=O) groups is 2. The Morgan fingerprint density at radius 3 is 2.54 bits per heavy atom. The Kier molecular flexibility index (Phi) is 7.54. The smallest absolute Gasteiger partial charge is 0.354 e. The molecule has 2 amide bonds. The molecule has 2 aromatic heterocycles. The topological polar surface area (TPSA) is 121 Å². The molecule has 0 saturated carbocycles. The van der Waals surface area contributed by atoms with Crippen molar-refractivity contribution in [2.75, 3.05) is 23.3 Å². The van der Waals surface area contributed by atoms with Crippen LogP contribution in [0.15, 0.2) is 41.8 Å². The minimum absolute atomic E-state index is 0.0914. The Morgan fingerprint density at radius 2 is 1.87 bits per heavy atom. The largest absolute Gasteiger partial charge is 0.507 e. The lowest BCUT2D eigenvalue weighted by Gasteiger charge is -2.44. The number of phenols is 1. The van der Waals surface area contributed by atoms with E-state index < -0.39 is 74.5 Å². The number of benzene rings is 2. The van der Waals surface area contributed by atoms with Crippen molar-refractivity contribution in [2.45, 2.75) is 45.7 Å². The Morgan fingerprint density at radius 1 is 1.15 bits per heavy atom. The van der Waals surface area contributed by atoms with E-state index in [9.17, 15) is 23.9 Å². The Labute approximate surface area is 265 Å². The van der Waals surface area contributed by atoms with Crippen LogP contribution in [0.1, 0.15) is 37.9 Å². The summed E-state index contributed by atoms with van der Waals surface area (Å²) in [5.74, 6) is -6.57. The van der Waals surface area contributed by atoms with Gasteiger partial charge in [-0.05, 0) is 49.6 Å². The average Bonchev–Trinajstić information content (AvgIpc) is 3.13. The third kappa shape index (κ3) is 4.51. The van der Waals surface area contributed by atoms with Gasteiger partial charge in [0.15, 0.2) is 17.5 Å². The number of halogens is 4. The number of hydrogen-bond acceptors (Lipinski definition) is 7. The highest BCUT2D eigenvalue weighted by Gasteiger charge is 2.44. The van der Waals surface area contributed by atoms with E-state index in [1.807, 2.05) is 13.8 Å². The van der Waals surface area contributed by atoms with E-state index in [-0.39, 0.29) is 41.6 Å². The number of amides is 2. The number of rotatable bonds is 4. The summed E-state index contributed by atoms with van der Waals surface area (Å²) in [4.78, 5) is 52.4. The molecule has 2 aliphatic rings. The summed E-state index contributed by atoms with van der Waals surface area (Å²) in [5.41, 5.74) is -2.20. The maximum atomic E-state index is 17.3. The van der Waals surface area contributed by atoms with Gasteiger partial charge >= 0.3 is 5.69 Å². The Balaban J connectivity index is 1.82. The van der Waals surface area contributed by atoms with E-state index in [0.29, 0.717) is 17.3 Å². The lowest BCUT2D eigenvalue weighted by molar-refractivity contribution is -0.128. The van der Waals surface area contributed by atoms with Crippen molar-refractivity contribution in [3.05, 3.63) is 81.3 Å². The van der Waals surface area contributed by atoms with Crippen LogP contribution in [-0.2, 0) is 9.59 Å². The highest BCUT2D eigenvalue weighted by Crippen LogP contribution is 2.50. The van der Waals surface area contributed by atoms with Gasteiger partial charge in [0.25, 0.3) is 0 Å². The first kappa shape index (κ1) is 31.1. The van der Waals surface area contributed by atoms with Crippen LogP contribution in [0.4, 0.5) is 24.7 Å². The molecule has 2 aromatic carbocycles. The number of anilines is 2. The quantitative estimate of drug-likeness (QED) is 0.291. The van der Waals surface area contributed by atoms with E-state index in [2.05, 4.69) is 21.9 Å². The highest BCUT2D eigenvalue weighted by atomic mass is 35.5. The van der Waals surface area contributed by atoms with Gasteiger partial charge < -0.3 is 20.2 Å². The van der Waals surface area contributed by atoms with Crippen LogP contribution in [0.25, 0.3) is 27.7 Å². The van der Waals surface area contributed by atoms with Crippen molar-refractivity contribution < 1.29 is 27.9 Å². The summed E-state index contributed by atoms with van der Waals surface area (Å²) in [6.07, 6.45) is 2.66. The van der Waals surface area contributed by atoms with E-state index in [1.54, 1.807) is 19.9 Å². The summed E-state index contributed by atoms with van der Waals surface area (Å²) in [7, 11) is 0. The number of pyridine rings is 1. The van der Waals surface area contributed by atoms with Gasteiger partial charge in [-0.15, -0.1) is 0 Å². The van der Waals surface area contributed by atoms with Gasteiger partial charge in [-0.2, -0.15) is 4.98 Å². The standard InChI is InChI=1S/C32H28ClF3N6O4/c1-6-19(44)40-11-15(5)41-17(12-40)31(45)38-27-22-29(25(36)21(23(27)33)20-18(43)8-7-16(34)24(20)35)42(32(46)39-30(22)41)28-14(4)9-10-37-26(28)13(2)3/h6-10,13,15,17,43H,1,11-12H2,2-5H3,(H,38,45). The number of piperazine rings is 1. The van der Waals surface area contributed by atoms with Crippen LogP contribution < -0.4 is 15.9 Å². The summed E-state index contributed by atoms with van der Waals surface area (Å²) in [6.45, 7) is 10.6. The SMILES string of the molecule is C=CC(=O)N1CC(C)N2c3nc(=O)n(-c4c(C)ccnc4C(C)C)c4c(F)c(-c5c(O)ccc(F)c5F)c(Cl)c(c34)NC(=O)C2C1. The molecule has 238 valence electrons. The van der Waals surface area contributed by atoms with Crippen LogP contribution in [-0.4, -0.2) is 61.5 Å². The van der Waals surface area contributed by atoms with Gasteiger partial charge in [-0.25, -0.2) is 18.0 Å². The maximum absolute atomic E-state index is 17.3. The van der Waals surface area contributed by atoms with Crippen molar-refractivity contribution in [3.63, 3.8) is 0 Å². The van der Waals surface area contributed by atoms with Gasteiger partial charge in [0.1, 0.15) is 23.1 Å². The van der Waals surface area contributed by atoms with E-state index >= 15 is 8.78 Å². The first-order chi connectivity index (χ1) is 21.8. The number of fused-ring (bicyclic) bond motifs is 2. The molecule has 0 bridgehead atoms. The fraction of sp³-hybridized carbons (Fsp3) is 0.281. The average molecular weight is 653 g/mol. The highest BCUT2D eigenvalue weighted by molar-refractivity contribution is 6.39. The number of aromatic nitrogens is 3. The minimum Gasteiger partial charge on any atom is -0.507 e. The zero-order chi connectivity index (χ0) is 33.4. The normalized spacial score (nSPS) is 17.6. The van der Waals surface area contributed by atoms with Crippen LogP contribution in [0.5, 0.6) is 5.75 Å². The molecule has 10 nitrogen and oxygen atoms in total. The van der Waals surface area contributed by atoms with Gasteiger partial charge in [-0.3, -0.25) is 19.1 Å². The number of nitrogens with zero attached hydrogens (tertiary/aromatic N) is 5. The van der Waals surface area contributed by atoms with E-state index in [4.69, 9.17) is 11.6 Å². The lowest BCUT2D eigenvalue weighted by atomic mass is 9.98. The Hall–Kier alpha value is -4.91. The molecule has 2 aliphatic heterocycles. The lowest BCUT2D eigenvalue weighted by Crippen LogP contribution is -2.62. The van der Waals surface area contributed by atoms with Gasteiger partial charge in [0.2, 0.25) is 11.8 Å². The second-order valence-electron chi connectivity index (χ2n) is 11.6. The summed E-state index contributed by atoms with van der Waals surface area (Å²) >= 11 is 6.78. The van der Waals surface area contributed by atoms with E-state index in [0.717, 1.165) is 16.7 Å². The van der Waals surface area contributed by atoms with Crippen molar-refractivity contribution in [3.8, 4) is 22.6 Å². The van der Waals surface area contributed by atoms with Gasteiger partial charge in [0, 0.05) is 24.3 Å². The molecular formula is C32H28ClF3N6O4. The van der Waals surface area contributed by atoms with Crippen molar-refractivity contribution in [1.29, 1.82) is 0 Å². The summed E-state index contributed by atoms with van der Waals surface area (Å²) < 4.78 is 48.2. The molecule has 2 atom stereocenters. The Bertz CT molecular complexity index is 2070. The molecule has 2 unspecified atom stereocenters. The molecular weight excluding hydrogens is 625 g/mol. The summed E-state index contributed by atoms with van der Waals surface area (Å²) in [6, 6.07) is 1.40. The molecule has 6 rings (SSSR count). The van der Waals surface area contributed by atoms with Crippen molar-refractivity contribution >= 4 is 45.8 Å². The molecule has 0 radical (unpaired) electrons. The minimum atomic E-state index is -1.60. The van der Waals surface area contributed by atoms with Crippen molar-refractivity contribution in [2.24, 2.45) is 0 Å². The molecule has 1 fully saturated rings. The summed E-state index contributed by atoms with van der Waals surface area (Å²) in [5, 5.41) is 12.7. The van der Waals surface area contributed by atoms with Crippen LogP contribution >= 0.6 is 11.6 Å². The molecule has 0 spiro atoms. The fourth-order valence-corrected chi connectivity index (χ4v) is 6.68. The van der Waals surface area contributed by atoms with Crippen LogP contribution in [0, 0.1) is 24.4 Å². The molecule has 4 heterocycles.